The number of benzene rings is 2. The molecule has 182 valence electrons. The molecule has 0 saturated heterocycles. The van der Waals surface area contributed by atoms with Crippen LogP contribution in [0.25, 0.3) is 22.2 Å². The number of nitrogens with one attached hydrogen (secondary N) is 1. The van der Waals surface area contributed by atoms with E-state index < -0.39 is 5.97 Å². The van der Waals surface area contributed by atoms with Gasteiger partial charge in [0.25, 0.3) is 5.91 Å². The number of hydrogen-bond acceptors (Lipinski definition) is 5. The van der Waals surface area contributed by atoms with Crippen LogP contribution in [0.4, 0.5) is 5.00 Å². The minimum Gasteiger partial charge on any atom is -0.463 e. The van der Waals surface area contributed by atoms with Crippen LogP contribution < -0.4 is 5.32 Å². The molecule has 8 heteroatoms. The lowest BCUT2D eigenvalue weighted by Crippen LogP contribution is -2.19. The predicted molar refractivity (Wildman–Crippen MR) is 143 cm³/mol. The number of hydrogen-bond donors (Lipinski definition) is 1. The van der Waals surface area contributed by atoms with E-state index >= 15 is 0 Å². The quantitative estimate of drug-likeness (QED) is 0.228. The van der Waals surface area contributed by atoms with E-state index in [0.717, 1.165) is 22.2 Å². The molecule has 3 aromatic heterocycles. The third-order valence-corrected chi connectivity index (χ3v) is 7.15. The van der Waals surface area contributed by atoms with Gasteiger partial charge in [0.2, 0.25) is 0 Å². The molecule has 0 aliphatic heterocycles. The minimum atomic E-state index is -0.497. The smallest absolute Gasteiger partial charge is 0.341 e. The number of aryl methyl sites for hydroxylation is 1. The van der Waals surface area contributed by atoms with Crippen LogP contribution in [0.15, 0.2) is 76.7 Å². The first-order valence-corrected chi connectivity index (χ1v) is 12.7. The van der Waals surface area contributed by atoms with Crippen molar-refractivity contribution in [3.63, 3.8) is 0 Å². The molecule has 1 N–H and O–H groups in total. The highest BCUT2D eigenvalue weighted by atomic mass is 35.5. The molecule has 3 heterocycles. The molecule has 5 rings (SSSR count). The molecule has 0 radical (unpaired) electrons. The van der Waals surface area contributed by atoms with Crippen LogP contribution in [0.2, 0.25) is 5.02 Å². The van der Waals surface area contributed by atoms with Crippen LogP contribution in [0, 0.1) is 6.92 Å². The number of nitrogens with zero attached hydrogens (tertiary/aromatic N) is 1. The van der Waals surface area contributed by atoms with Crippen LogP contribution in [0.1, 0.15) is 38.9 Å². The molecule has 0 aliphatic carbocycles. The zero-order valence-electron chi connectivity index (χ0n) is 19.7. The highest BCUT2D eigenvalue weighted by Gasteiger charge is 2.25. The van der Waals surface area contributed by atoms with Gasteiger partial charge in [-0.2, -0.15) is 0 Å². The number of ether oxygens (including phenoxy) is 1. The summed E-state index contributed by atoms with van der Waals surface area (Å²) in [6, 6.07) is 18.8. The van der Waals surface area contributed by atoms with Crippen molar-refractivity contribution < 1.29 is 18.7 Å². The monoisotopic (exact) mass is 518 g/mol. The van der Waals surface area contributed by atoms with Crippen molar-refractivity contribution in [2.75, 3.05) is 11.9 Å². The summed E-state index contributed by atoms with van der Waals surface area (Å²) in [6.45, 7) is 4.51. The third-order valence-electron chi connectivity index (χ3n) is 6.00. The highest BCUT2D eigenvalue weighted by Crippen LogP contribution is 2.37. The van der Waals surface area contributed by atoms with Crippen molar-refractivity contribution in [3.05, 3.63) is 99.7 Å². The molecule has 0 bridgehead atoms. The van der Waals surface area contributed by atoms with E-state index in [4.69, 9.17) is 20.8 Å². The molecule has 0 spiro atoms. The molecule has 2 aromatic carbocycles. The summed E-state index contributed by atoms with van der Waals surface area (Å²) in [6.07, 6.45) is 1.61. The van der Waals surface area contributed by atoms with E-state index in [2.05, 4.69) is 5.32 Å². The van der Waals surface area contributed by atoms with E-state index in [-0.39, 0.29) is 12.5 Å². The lowest BCUT2D eigenvalue weighted by Gasteiger charge is -2.13. The molecule has 0 atom stereocenters. The normalized spacial score (nSPS) is 11.1. The molecule has 0 aliphatic rings. The zero-order valence-corrected chi connectivity index (χ0v) is 21.3. The Morgan fingerprint density at radius 1 is 1.11 bits per heavy atom. The largest absolute Gasteiger partial charge is 0.463 e. The van der Waals surface area contributed by atoms with Gasteiger partial charge >= 0.3 is 5.97 Å². The fourth-order valence-corrected chi connectivity index (χ4v) is 5.24. The Balaban J connectivity index is 1.52. The number of furan rings is 1. The summed E-state index contributed by atoms with van der Waals surface area (Å²) in [7, 11) is 0. The van der Waals surface area contributed by atoms with E-state index in [1.54, 1.807) is 31.4 Å². The van der Waals surface area contributed by atoms with Crippen LogP contribution in [0.5, 0.6) is 0 Å². The van der Waals surface area contributed by atoms with Crippen LogP contribution >= 0.6 is 22.9 Å². The van der Waals surface area contributed by atoms with E-state index in [1.165, 1.54) is 11.3 Å². The molecule has 1 amide bonds. The van der Waals surface area contributed by atoms with Gasteiger partial charge in [-0.05, 0) is 42.7 Å². The molecule has 0 fully saturated rings. The summed E-state index contributed by atoms with van der Waals surface area (Å²) >= 11 is 7.32. The first-order valence-electron chi connectivity index (χ1n) is 11.4. The van der Waals surface area contributed by atoms with Gasteiger partial charge < -0.3 is 19.0 Å². The number of halogens is 1. The van der Waals surface area contributed by atoms with E-state index in [0.29, 0.717) is 39.0 Å². The average Bonchev–Trinajstić information content (AvgIpc) is 3.57. The number of carbonyl (C=O) groups is 2. The Morgan fingerprint density at radius 2 is 1.89 bits per heavy atom. The first kappa shape index (κ1) is 23.9. The maximum absolute atomic E-state index is 13.6. The summed E-state index contributed by atoms with van der Waals surface area (Å²) in [5.74, 6) is -0.840. The number of rotatable bonds is 7. The maximum Gasteiger partial charge on any atom is 0.341 e. The molecule has 5 aromatic rings. The Morgan fingerprint density at radius 3 is 2.64 bits per heavy atom. The fraction of sp³-hybridized carbons (Fsp3) is 0.143. The Hall–Kier alpha value is -3.81. The van der Waals surface area contributed by atoms with Gasteiger partial charge in [0.1, 0.15) is 16.3 Å². The lowest BCUT2D eigenvalue weighted by molar-refractivity contribution is 0.0529. The van der Waals surface area contributed by atoms with Gasteiger partial charge in [0, 0.05) is 34.6 Å². The van der Waals surface area contributed by atoms with E-state index in [1.807, 2.05) is 59.3 Å². The van der Waals surface area contributed by atoms with Crippen molar-refractivity contribution in [2.24, 2.45) is 0 Å². The number of esters is 1. The number of carbonyl (C=O) groups excluding carboxylic acids is 2. The lowest BCUT2D eigenvalue weighted by atomic mass is 10.0. The summed E-state index contributed by atoms with van der Waals surface area (Å²) < 4.78 is 12.8. The minimum absolute atomic E-state index is 0.220. The summed E-state index contributed by atoms with van der Waals surface area (Å²) in [5.41, 5.74) is 5.90. The van der Waals surface area contributed by atoms with Crippen molar-refractivity contribution in [2.45, 2.75) is 20.4 Å². The van der Waals surface area contributed by atoms with Crippen molar-refractivity contribution in [3.8, 4) is 11.1 Å². The predicted octanol–water partition coefficient (Wildman–Crippen LogP) is 7.40. The highest BCUT2D eigenvalue weighted by molar-refractivity contribution is 7.15. The second kappa shape index (κ2) is 10.0. The fourth-order valence-electron chi connectivity index (χ4n) is 4.16. The van der Waals surface area contributed by atoms with Gasteiger partial charge in [-0.15, -0.1) is 11.3 Å². The molecular formula is C28H23ClN2O4S. The molecule has 0 unspecified atom stereocenters. The van der Waals surface area contributed by atoms with Crippen LogP contribution in [-0.4, -0.2) is 23.1 Å². The topological polar surface area (TPSA) is 73.5 Å². The second-order valence-electron chi connectivity index (χ2n) is 8.25. The first-order chi connectivity index (χ1) is 17.5. The van der Waals surface area contributed by atoms with Gasteiger partial charge in [0.05, 0.1) is 18.4 Å². The van der Waals surface area contributed by atoms with Crippen LogP contribution in [-0.2, 0) is 11.3 Å². The van der Waals surface area contributed by atoms with Gasteiger partial charge in [0.15, 0.2) is 5.58 Å². The molecule has 0 saturated carbocycles. The van der Waals surface area contributed by atoms with Gasteiger partial charge in [-0.3, -0.25) is 4.79 Å². The molecule has 36 heavy (non-hydrogen) atoms. The number of fused-ring (bicyclic) bond motifs is 1. The van der Waals surface area contributed by atoms with E-state index in [9.17, 15) is 9.59 Å². The molecule has 6 nitrogen and oxygen atoms in total. The van der Waals surface area contributed by atoms with Gasteiger partial charge in [-0.25, -0.2) is 4.79 Å². The van der Waals surface area contributed by atoms with Crippen molar-refractivity contribution in [1.29, 1.82) is 0 Å². The Bertz CT molecular complexity index is 1560. The summed E-state index contributed by atoms with van der Waals surface area (Å²) in [4.78, 5) is 26.5. The number of aromatic nitrogens is 1. The third kappa shape index (κ3) is 4.55. The Labute approximate surface area is 217 Å². The van der Waals surface area contributed by atoms with Gasteiger partial charge in [-0.1, -0.05) is 48.0 Å². The maximum atomic E-state index is 13.6. The number of amides is 1. The van der Waals surface area contributed by atoms with Crippen molar-refractivity contribution in [1.82, 2.24) is 4.57 Å². The SMILES string of the molecule is CCOC(=O)c1c(-c2ccc(Cl)cc2)csc1NC(=O)c1cc2occc2n1Cc1ccccc1C. The second-order valence-corrected chi connectivity index (χ2v) is 9.56. The average molecular weight is 519 g/mol. The Kier molecular flexibility index (Phi) is 6.67. The van der Waals surface area contributed by atoms with Crippen LogP contribution in [0.3, 0.4) is 0 Å². The zero-order chi connectivity index (χ0) is 25.2. The number of thiophene rings is 1. The van der Waals surface area contributed by atoms with Crippen molar-refractivity contribution >= 4 is 50.9 Å². The molecular weight excluding hydrogens is 496 g/mol. The number of anilines is 1. The summed E-state index contributed by atoms with van der Waals surface area (Å²) in [5, 5.41) is 5.80. The standard InChI is InChI=1S/C28H23ClN2O4S/c1-3-34-28(33)25-21(18-8-10-20(29)11-9-18)16-36-27(25)30-26(32)23-14-24-22(12-13-35-24)31(23)15-19-7-5-4-6-17(19)2/h4-14,16H,3,15H2,1-2H3,(H,30,32).